The molecule has 0 aliphatic carbocycles. The lowest BCUT2D eigenvalue weighted by Gasteiger charge is -2.18. The lowest BCUT2D eigenvalue weighted by atomic mass is 10.1. The number of methoxy groups -OCH3 is 1. The third-order valence-electron chi connectivity index (χ3n) is 4.07. The molecule has 25 heavy (non-hydrogen) atoms. The van der Waals surface area contributed by atoms with Crippen molar-refractivity contribution in [2.45, 2.75) is 0 Å². The average molecular weight is 343 g/mol. The Morgan fingerprint density at radius 3 is 2.56 bits per heavy atom. The van der Waals surface area contributed by atoms with E-state index in [1.807, 2.05) is 0 Å². The highest BCUT2D eigenvalue weighted by atomic mass is 16.5. The van der Waals surface area contributed by atoms with Crippen molar-refractivity contribution >= 4 is 28.8 Å². The van der Waals surface area contributed by atoms with Crippen LogP contribution in [-0.2, 0) is 18.8 Å². The van der Waals surface area contributed by atoms with Gasteiger partial charge in [0.1, 0.15) is 0 Å². The maximum Gasteiger partial charge on any atom is 0.339 e. The summed E-state index contributed by atoms with van der Waals surface area (Å²) in [7, 11) is 5.94. The Bertz CT molecular complexity index is 1090. The van der Waals surface area contributed by atoms with Crippen molar-refractivity contribution < 1.29 is 9.53 Å². The summed E-state index contributed by atoms with van der Waals surface area (Å²) in [5, 5.41) is 0. The van der Waals surface area contributed by atoms with Crippen molar-refractivity contribution in [3.05, 3.63) is 50.7 Å². The summed E-state index contributed by atoms with van der Waals surface area (Å²) in [5.74, 6) is -0.161. The van der Waals surface area contributed by atoms with Crippen LogP contribution in [0.25, 0.3) is 11.2 Å². The van der Waals surface area contributed by atoms with Crippen molar-refractivity contribution in [2.75, 3.05) is 19.1 Å². The van der Waals surface area contributed by atoms with Crippen LogP contribution in [0.3, 0.4) is 0 Å². The van der Waals surface area contributed by atoms with Crippen LogP contribution in [0.1, 0.15) is 10.4 Å². The zero-order valence-electron chi connectivity index (χ0n) is 14.2. The zero-order valence-corrected chi connectivity index (χ0v) is 14.2. The van der Waals surface area contributed by atoms with E-state index in [4.69, 9.17) is 4.74 Å². The highest BCUT2D eigenvalue weighted by molar-refractivity contribution is 5.96. The first-order chi connectivity index (χ1) is 11.9. The molecule has 3 aromatic rings. The minimum absolute atomic E-state index is 0.210. The highest BCUT2D eigenvalue weighted by Crippen LogP contribution is 2.26. The Labute approximate surface area is 142 Å². The number of carbonyl (C=O) groups excluding carboxylic acids is 1. The molecule has 0 unspecified atom stereocenters. The van der Waals surface area contributed by atoms with Gasteiger partial charge in [-0.25, -0.2) is 9.59 Å². The van der Waals surface area contributed by atoms with E-state index in [9.17, 15) is 14.4 Å². The predicted molar refractivity (Wildman–Crippen MR) is 92.4 cm³/mol. The molecule has 2 heterocycles. The van der Waals surface area contributed by atoms with Crippen molar-refractivity contribution in [2.24, 2.45) is 14.1 Å². The van der Waals surface area contributed by atoms with E-state index in [0.717, 1.165) is 4.57 Å². The third kappa shape index (κ3) is 2.49. The average Bonchev–Trinajstić information content (AvgIpc) is 3.09. The molecule has 3 rings (SSSR count). The molecule has 0 saturated heterocycles. The van der Waals surface area contributed by atoms with Gasteiger partial charge < -0.3 is 14.6 Å². The summed E-state index contributed by atoms with van der Waals surface area (Å²) in [4.78, 5) is 45.2. The fraction of sp³-hybridized carbons (Fsp3) is 0.250. The SMILES string of the molecule is COC(=O)c1ccccc1N(C)c1nc2c([nH]1)c(=O)n(C)c(=O)n2C. The standard InChI is InChI=1S/C16H17N5O4/c1-19(10-8-6-5-7-9(10)14(23)25-4)15-17-11-12(18-15)20(2)16(24)21(3)13(11)22/h5-8H,1-4H3,(H,17,18). The van der Waals surface area contributed by atoms with Gasteiger partial charge in [0.2, 0.25) is 5.95 Å². The largest absolute Gasteiger partial charge is 0.465 e. The molecular formula is C16H17N5O4. The van der Waals surface area contributed by atoms with Gasteiger partial charge >= 0.3 is 11.7 Å². The van der Waals surface area contributed by atoms with Gasteiger partial charge in [-0.15, -0.1) is 0 Å². The molecule has 0 aliphatic rings. The number of para-hydroxylation sites is 1. The number of benzene rings is 1. The maximum atomic E-state index is 12.3. The molecule has 1 N–H and O–H groups in total. The quantitative estimate of drug-likeness (QED) is 0.696. The number of nitrogens with zero attached hydrogens (tertiary/aromatic N) is 4. The zero-order chi connectivity index (χ0) is 18.3. The van der Waals surface area contributed by atoms with Crippen LogP contribution >= 0.6 is 0 Å². The van der Waals surface area contributed by atoms with Crippen LogP contribution in [0, 0.1) is 0 Å². The first-order valence-corrected chi connectivity index (χ1v) is 7.43. The van der Waals surface area contributed by atoms with Gasteiger partial charge in [0, 0.05) is 21.1 Å². The van der Waals surface area contributed by atoms with Crippen LogP contribution in [0.2, 0.25) is 0 Å². The number of aryl methyl sites for hydroxylation is 1. The minimum atomic E-state index is -0.484. The molecule has 9 nitrogen and oxygen atoms in total. The van der Waals surface area contributed by atoms with E-state index in [-0.39, 0.29) is 11.2 Å². The second-order valence-electron chi connectivity index (χ2n) is 5.53. The minimum Gasteiger partial charge on any atom is -0.465 e. The molecular weight excluding hydrogens is 326 g/mol. The fourth-order valence-corrected chi connectivity index (χ4v) is 2.64. The lowest BCUT2D eigenvalue weighted by Crippen LogP contribution is -2.36. The van der Waals surface area contributed by atoms with Crippen molar-refractivity contribution in [1.82, 2.24) is 19.1 Å². The number of rotatable bonds is 3. The van der Waals surface area contributed by atoms with Crippen LogP contribution in [0.4, 0.5) is 11.6 Å². The first-order valence-electron chi connectivity index (χ1n) is 7.43. The normalized spacial score (nSPS) is 10.9. The molecule has 2 aromatic heterocycles. The van der Waals surface area contributed by atoms with E-state index in [0.29, 0.717) is 17.2 Å². The molecule has 0 radical (unpaired) electrons. The van der Waals surface area contributed by atoms with Crippen molar-refractivity contribution in [3.8, 4) is 0 Å². The molecule has 0 atom stereocenters. The number of fused-ring (bicyclic) bond motifs is 1. The number of imidazole rings is 1. The van der Waals surface area contributed by atoms with Gasteiger partial charge in [-0.1, -0.05) is 12.1 Å². The van der Waals surface area contributed by atoms with E-state index in [1.54, 1.807) is 36.2 Å². The number of H-pyrrole nitrogens is 1. The van der Waals surface area contributed by atoms with E-state index < -0.39 is 17.2 Å². The molecule has 130 valence electrons. The number of aromatic amines is 1. The van der Waals surface area contributed by atoms with Gasteiger partial charge in [0.05, 0.1) is 18.4 Å². The summed E-state index contributed by atoms with van der Waals surface area (Å²) >= 11 is 0. The van der Waals surface area contributed by atoms with Crippen molar-refractivity contribution in [3.63, 3.8) is 0 Å². The Kier molecular flexibility index (Phi) is 3.91. The van der Waals surface area contributed by atoms with Gasteiger partial charge in [0.25, 0.3) is 5.56 Å². The van der Waals surface area contributed by atoms with E-state index in [2.05, 4.69) is 9.97 Å². The van der Waals surface area contributed by atoms with Gasteiger partial charge in [-0.05, 0) is 12.1 Å². The number of nitrogens with one attached hydrogen (secondary N) is 1. The first kappa shape index (κ1) is 16.5. The number of ether oxygens (including phenoxy) is 1. The maximum absolute atomic E-state index is 12.3. The summed E-state index contributed by atoms with van der Waals surface area (Å²) in [6.45, 7) is 0. The summed E-state index contributed by atoms with van der Waals surface area (Å²) < 4.78 is 7.09. The monoisotopic (exact) mass is 343 g/mol. The van der Waals surface area contributed by atoms with Gasteiger partial charge in [-0.2, -0.15) is 4.98 Å². The molecule has 0 amide bonds. The van der Waals surface area contributed by atoms with Gasteiger partial charge in [-0.3, -0.25) is 13.9 Å². The number of carbonyl (C=O) groups is 1. The number of aromatic nitrogens is 4. The molecule has 9 heteroatoms. The van der Waals surface area contributed by atoms with Crippen LogP contribution in [0.5, 0.6) is 0 Å². The van der Waals surface area contributed by atoms with E-state index in [1.165, 1.54) is 25.8 Å². The smallest absolute Gasteiger partial charge is 0.339 e. The van der Waals surface area contributed by atoms with Crippen molar-refractivity contribution in [1.29, 1.82) is 0 Å². The van der Waals surface area contributed by atoms with E-state index >= 15 is 0 Å². The Morgan fingerprint density at radius 1 is 1.20 bits per heavy atom. The molecule has 0 saturated carbocycles. The summed E-state index contributed by atoms with van der Waals surface area (Å²) in [5.41, 5.74) is 0.428. The summed E-state index contributed by atoms with van der Waals surface area (Å²) in [6, 6.07) is 6.86. The molecule has 1 aromatic carbocycles. The third-order valence-corrected chi connectivity index (χ3v) is 4.07. The molecule has 0 bridgehead atoms. The van der Waals surface area contributed by atoms with Gasteiger partial charge in [0.15, 0.2) is 11.2 Å². The Morgan fingerprint density at radius 2 is 1.88 bits per heavy atom. The molecule has 0 fully saturated rings. The molecule has 0 aliphatic heterocycles. The topological polar surface area (TPSA) is 102 Å². The second-order valence-corrected chi connectivity index (χ2v) is 5.53. The highest BCUT2D eigenvalue weighted by Gasteiger charge is 2.20. The summed E-state index contributed by atoms with van der Waals surface area (Å²) in [6.07, 6.45) is 0. The Hall–Kier alpha value is -3.36. The van der Waals surface area contributed by atoms with Crippen LogP contribution in [0.15, 0.2) is 33.9 Å². The Balaban J connectivity index is 2.20. The van der Waals surface area contributed by atoms with Crippen LogP contribution in [-0.4, -0.2) is 39.2 Å². The number of esters is 1. The number of hydrogen-bond donors (Lipinski definition) is 1. The fourth-order valence-electron chi connectivity index (χ4n) is 2.64. The predicted octanol–water partition coefficient (Wildman–Crippen LogP) is 0.515. The lowest BCUT2D eigenvalue weighted by molar-refractivity contribution is 0.0601. The van der Waals surface area contributed by atoms with Crippen LogP contribution < -0.4 is 16.1 Å². The number of hydrogen-bond acceptors (Lipinski definition) is 6. The second kappa shape index (κ2) is 5.93. The number of anilines is 2. The molecule has 0 spiro atoms.